The molecule has 2 aromatic heterocycles. The predicted octanol–water partition coefficient (Wildman–Crippen LogP) is 1.70. The van der Waals surface area contributed by atoms with E-state index in [0.717, 1.165) is 18.0 Å². The smallest absolute Gasteiger partial charge is 0.396 e. The lowest BCUT2D eigenvalue weighted by molar-refractivity contribution is -0.388. The molecule has 0 amide bonds. The Morgan fingerprint density at radius 2 is 2.35 bits per heavy atom. The highest BCUT2D eigenvalue weighted by Crippen LogP contribution is 2.32. The van der Waals surface area contributed by atoms with E-state index in [2.05, 4.69) is 15.2 Å². The van der Waals surface area contributed by atoms with Crippen LogP contribution in [0.3, 0.4) is 0 Å². The second-order valence-corrected chi connectivity index (χ2v) is 4.29. The molecule has 0 spiro atoms. The van der Waals surface area contributed by atoms with Crippen molar-refractivity contribution in [1.82, 2.24) is 15.2 Å². The number of ether oxygens (including phenoxy) is 1. The number of esters is 1. The van der Waals surface area contributed by atoms with Crippen LogP contribution in [-0.2, 0) is 4.74 Å². The number of hydrogen-bond acceptors (Lipinski definition) is 9. The summed E-state index contributed by atoms with van der Waals surface area (Å²) in [5.74, 6) is -1.04. The van der Waals surface area contributed by atoms with Crippen molar-refractivity contribution < 1.29 is 18.9 Å². The lowest BCUT2D eigenvalue weighted by Gasteiger charge is -1.97. The number of rotatable bonds is 5. The minimum atomic E-state index is -0.740. The van der Waals surface area contributed by atoms with Crippen LogP contribution < -0.4 is 0 Å². The molecule has 0 radical (unpaired) electrons. The third-order valence-electron chi connectivity index (χ3n) is 2.01. The lowest BCUT2D eigenvalue weighted by atomic mass is 10.4. The van der Waals surface area contributed by atoms with Crippen molar-refractivity contribution in [1.29, 1.82) is 0 Å². The average Bonchev–Trinajstić information content (AvgIpc) is 2.88. The van der Waals surface area contributed by atoms with E-state index in [1.54, 1.807) is 6.92 Å². The van der Waals surface area contributed by atoms with E-state index < -0.39 is 10.9 Å². The van der Waals surface area contributed by atoms with E-state index in [4.69, 9.17) is 9.15 Å². The molecule has 2 heterocycles. The van der Waals surface area contributed by atoms with Gasteiger partial charge in [0.05, 0.1) is 16.4 Å². The van der Waals surface area contributed by atoms with Gasteiger partial charge >= 0.3 is 17.5 Å². The fourth-order valence-electron chi connectivity index (χ4n) is 1.22. The minimum Gasteiger partial charge on any atom is -0.459 e. The fourth-order valence-corrected chi connectivity index (χ4v) is 1.97. The van der Waals surface area contributed by atoms with E-state index in [9.17, 15) is 14.9 Å². The first-order valence-corrected chi connectivity index (χ1v) is 6.20. The molecular formula is C10H8N4O5S. The maximum Gasteiger partial charge on any atom is 0.396 e. The van der Waals surface area contributed by atoms with Crippen molar-refractivity contribution >= 4 is 23.4 Å². The number of pyridine rings is 1. The maximum absolute atomic E-state index is 11.3. The molecule has 20 heavy (non-hydrogen) atoms. The summed E-state index contributed by atoms with van der Waals surface area (Å²) in [5, 5.41) is 17.9. The number of aromatic nitrogens is 3. The van der Waals surface area contributed by atoms with Gasteiger partial charge in [0.25, 0.3) is 5.22 Å². The molecule has 2 rings (SSSR count). The van der Waals surface area contributed by atoms with E-state index in [1.807, 2.05) is 0 Å². The monoisotopic (exact) mass is 296 g/mol. The summed E-state index contributed by atoms with van der Waals surface area (Å²) in [5.41, 5.74) is -0.187. The van der Waals surface area contributed by atoms with E-state index in [1.165, 1.54) is 12.3 Å². The van der Waals surface area contributed by atoms with Gasteiger partial charge in [-0.05, 0) is 24.8 Å². The molecule has 2 aromatic rings. The van der Waals surface area contributed by atoms with Gasteiger partial charge in [0.15, 0.2) is 0 Å². The molecule has 104 valence electrons. The van der Waals surface area contributed by atoms with Crippen LogP contribution in [0.2, 0.25) is 0 Å². The Morgan fingerprint density at radius 1 is 1.55 bits per heavy atom. The van der Waals surface area contributed by atoms with Gasteiger partial charge in [-0.1, -0.05) is 5.10 Å². The summed E-state index contributed by atoms with van der Waals surface area (Å²) < 4.78 is 9.75. The Balaban J connectivity index is 2.19. The third-order valence-corrected chi connectivity index (χ3v) is 2.92. The Kier molecular flexibility index (Phi) is 4.25. The van der Waals surface area contributed by atoms with Crippen molar-refractivity contribution in [3.63, 3.8) is 0 Å². The number of nitrogens with zero attached hydrogens (tertiary/aromatic N) is 4. The van der Waals surface area contributed by atoms with Gasteiger partial charge < -0.3 is 9.15 Å². The van der Waals surface area contributed by atoms with Gasteiger partial charge in [-0.2, -0.15) is 0 Å². The Hall–Kier alpha value is -2.49. The van der Waals surface area contributed by atoms with Gasteiger partial charge in [-0.15, -0.1) is 5.10 Å². The molecule has 10 heteroatoms. The Morgan fingerprint density at radius 3 is 3.05 bits per heavy atom. The standard InChI is InChI=1S/C10H8N4O5S/c1-2-18-9(15)8-12-13-10(19-8)20-7-3-4-11-5-6(7)14(16)17/h3-5H,2H2,1H3. The van der Waals surface area contributed by atoms with Crippen LogP contribution in [-0.4, -0.2) is 32.7 Å². The highest BCUT2D eigenvalue weighted by atomic mass is 32.2. The average molecular weight is 296 g/mol. The summed E-state index contributed by atoms with van der Waals surface area (Å²) >= 11 is 0.869. The van der Waals surface area contributed by atoms with Crippen LogP contribution in [0.5, 0.6) is 0 Å². The first kappa shape index (κ1) is 13.9. The van der Waals surface area contributed by atoms with Gasteiger partial charge in [0.1, 0.15) is 6.20 Å². The zero-order valence-corrected chi connectivity index (χ0v) is 11.0. The quantitative estimate of drug-likeness (QED) is 0.460. The van der Waals surface area contributed by atoms with Crippen molar-refractivity contribution in [3.05, 3.63) is 34.5 Å². The van der Waals surface area contributed by atoms with Gasteiger partial charge in [0, 0.05) is 6.20 Å². The molecule has 0 aliphatic carbocycles. The number of carbonyl (C=O) groups is 1. The number of carbonyl (C=O) groups excluding carboxylic acids is 1. The van der Waals surface area contributed by atoms with E-state index in [-0.39, 0.29) is 28.3 Å². The van der Waals surface area contributed by atoms with Crippen LogP contribution in [0.25, 0.3) is 0 Å². The second-order valence-electron chi connectivity index (χ2n) is 3.30. The van der Waals surface area contributed by atoms with Crippen molar-refractivity contribution in [3.8, 4) is 0 Å². The van der Waals surface area contributed by atoms with Crippen LogP contribution >= 0.6 is 11.8 Å². The van der Waals surface area contributed by atoms with E-state index >= 15 is 0 Å². The van der Waals surface area contributed by atoms with Crippen LogP contribution in [0.1, 0.15) is 17.6 Å². The molecule has 0 saturated carbocycles. The van der Waals surface area contributed by atoms with Gasteiger partial charge in [-0.25, -0.2) is 4.79 Å². The van der Waals surface area contributed by atoms with E-state index in [0.29, 0.717) is 0 Å². The van der Waals surface area contributed by atoms with Gasteiger partial charge in [-0.3, -0.25) is 15.1 Å². The minimum absolute atomic E-state index is 0.00218. The molecule has 0 aliphatic rings. The molecule has 0 N–H and O–H groups in total. The zero-order valence-electron chi connectivity index (χ0n) is 10.2. The summed E-state index contributed by atoms with van der Waals surface area (Å²) in [6.45, 7) is 1.82. The molecule has 9 nitrogen and oxygen atoms in total. The number of hydrogen-bond donors (Lipinski definition) is 0. The molecule has 0 bridgehead atoms. The molecular weight excluding hydrogens is 288 g/mol. The molecule has 0 unspecified atom stereocenters. The number of nitro groups is 1. The second kappa shape index (κ2) is 6.10. The van der Waals surface area contributed by atoms with Crippen LogP contribution in [0.4, 0.5) is 5.69 Å². The first-order valence-electron chi connectivity index (χ1n) is 5.38. The fraction of sp³-hybridized carbons (Fsp3) is 0.200. The molecule has 0 aliphatic heterocycles. The maximum atomic E-state index is 11.3. The molecule has 0 aromatic carbocycles. The summed E-state index contributed by atoms with van der Waals surface area (Å²) in [6, 6.07) is 1.44. The Labute approximate surface area is 116 Å². The Bertz CT molecular complexity index is 644. The molecule has 0 atom stereocenters. The van der Waals surface area contributed by atoms with Crippen LogP contribution in [0, 0.1) is 10.1 Å². The summed E-state index contributed by atoms with van der Waals surface area (Å²) in [7, 11) is 0. The molecule has 0 saturated heterocycles. The van der Waals surface area contributed by atoms with Crippen molar-refractivity contribution in [2.45, 2.75) is 17.0 Å². The lowest BCUT2D eigenvalue weighted by Crippen LogP contribution is -2.04. The normalized spacial score (nSPS) is 10.2. The largest absolute Gasteiger partial charge is 0.459 e. The van der Waals surface area contributed by atoms with Crippen molar-refractivity contribution in [2.24, 2.45) is 0 Å². The van der Waals surface area contributed by atoms with Gasteiger partial charge in [0.2, 0.25) is 0 Å². The highest BCUT2D eigenvalue weighted by Gasteiger charge is 2.20. The first-order chi connectivity index (χ1) is 9.61. The SMILES string of the molecule is CCOC(=O)c1nnc(Sc2ccncc2[N+](=O)[O-])o1. The van der Waals surface area contributed by atoms with Crippen molar-refractivity contribution in [2.75, 3.05) is 6.61 Å². The summed E-state index contributed by atoms with van der Waals surface area (Å²) in [4.78, 5) is 25.5. The molecule has 0 fully saturated rings. The third kappa shape index (κ3) is 3.09. The van der Waals surface area contributed by atoms with Crippen LogP contribution in [0.15, 0.2) is 33.0 Å². The zero-order chi connectivity index (χ0) is 14.5. The summed E-state index contributed by atoms with van der Waals surface area (Å²) in [6.07, 6.45) is 2.52. The topological polar surface area (TPSA) is 121 Å². The highest BCUT2D eigenvalue weighted by molar-refractivity contribution is 7.99. The predicted molar refractivity (Wildman–Crippen MR) is 65.3 cm³/mol.